The van der Waals surface area contributed by atoms with Crippen molar-refractivity contribution in [1.29, 1.82) is 0 Å². The van der Waals surface area contributed by atoms with Gasteiger partial charge in [0.2, 0.25) is 5.91 Å². The number of oxime groups is 1. The Bertz CT molecular complexity index is 2100. The van der Waals surface area contributed by atoms with Crippen LogP contribution in [0.3, 0.4) is 0 Å². The van der Waals surface area contributed by atoms with Crippen LogP contribution in [0.1, 0.15) is 93.7 Å². The van der Waals surface area contributed by atoms with E-state index in [4.69, 9.17) is 38.7 Å². The summed E-state index contributed by atoms with van der Waals surface area (Å²) < 4.78 is 57.1. The number of carbonyl (C=O) groups excluding carboxylic acids is 3. The fourth-order valence-electron chi connectivity index (χ4n) is 9.42. The molecule has 3 aliphatic rings. The van der Waals surface area contributed by atoms with Crippen molar-refractivity contribution in [2.24, 2.45) is 27.9 Å². The van der Waals surface area contributed by atoms with Crippen LogP contribution in [-0.2, 0) is 53.9 Å². The molecule has 2 aromatic heterocycles. The van der Waals surface area contributed by atoms with Gasteiger partial charge in [-0.2, -0.15) is 0 Å². The number of Topliss-reactive ketones (excluding diaryl/α,β-unsaturated/α-hetero) is 1. The molecule has 0 unspecified atom stereocenters. The van der Waals surface area contributed by atoms with E-state index in [0.717, 1.165) is 17.5 Å². The predicted molar refractivity (Wildman–Crippen MR) is 256 cm³/mol. The number of hydrogen-bond donors (Lipinski definition) is 2. The Morgan fingerprint density at radius 3 is 2.37 bits per heavy atom. The summed E-state index contributed by atoms with van der Waals surface area (Å²) in [4.78, 5) is 63.6. The smallest absolute Gasteiger partial charge is 0.351 e. The van der Waals surface area contributed by atoms with E-state index in [2.05, 4.69) is 44.7 Å². The number of nitrogen functional groups attached to an aromatic ring is 1. The topological polar surface area (TPSA) is 216 Å². The van der Waals surface area contributed by atoms with Gasteiger partial charge in [0, 0.05) is 47.2 Å². The van der Waals surface area contributed by atoms with Crippen molar-refractivity contribution in [2.75, 3.05) is 33.0 Å². The quantitative estimate of drug-likeness (QED) is 0.106. The number of aromatic nitrogens is 2. The molecule has 5 heterocycles. The molecular formula is C47H73FN6O11SSi. The van der Waals surface area contributed by atoms with Gasteiger partial charge in [-0.1, -0.05) is 39.8 Å². The monoisotopic (exact) mass is 976 g/mol. The number of cyclic esters (lactones) is 1. The number of fused-ring (bicyclic) bond motifs is 5. The minimum Gasteiger partial charge on any atom is -0.457 e. The predicted octanol–water partition coefficient (Wildman–Crippen LogP) is 6.56. The van der Waals surface area contributed by atoms with E-state index in [9.17, 15) is 19.5 Å². The normalized spacial score (nSPS) is 36.3. The molecule has 3 saturated heterocycles. The van der Waals surface area contributed by atoms with E-state index >= 15 is 4.39 Å². The number of nitrogens with zero attached hydrogens (tertiary/aromatic N) is 5. The number of ether oxygens (including phenoxy) is 5. The van der Waals surface area contributed by atoms with E-state index in [0.29, 0.717) is 23.6 Å². The lowest BCUT2D eigenvalue weighted by molar-refractivity contribution is -0.293. The van der Waals surface area contributed by atoms with Gasteiger partial charge < -0.3 is 48.7 Å². The molecule has 1 amide bonds. The second-order valence-electron chi connectivity index (χ2n) is 20.1. The number of carbonyl (C=O) groups is 3. The minimum absolute atomic E-state index is 0.00247. The van der Waals surface area contributed by atoms with Crippen molar-refractivity contribution in [3.05, 3.63) is 29.4 Å². The zero-order valence-corrected chi connectivity index (χ0v) is 43.5. The molecule has 13 atom stereocenters. The first-order valence-electron chi connectivity index (χ1n) is 23.2. The van der Waals surface area contributed by atoms with E-state index in [1.54, 1.807) is 45.3 Å². The second kappa shape index (κ2) is 22.0. The average Bonchev–Trinajstić information content (AvgIpc) is 3.69. The van der Waals surface area contributed by atoms with Crippen LogP contribution in [0.2, 0.25) is 19.6 Å². The number of thiazole rings is 1. The molecule has 374 valence electrons. The molecule has 20 heteroatoms. The van der Waals surface area contributed by atoms with Crippen LogP contribution in [0, 0.1) is 17.8 Å². The Kier molecular flexibility index (Phi) is 17.8. The number of aliphatic hydroxyl groups is 1. The highest BCUT2D eigenvalue weighted by molar-refractivity contribution is 7.13. The van der Waals surface area contributed by atoms with Crippen LogP contribution in [0.4, 0.5) is 10.2 Å². The molecule has 3 N–H and O–H groups in total. The van der Waals surface area contributed by atoms with Gasteiger partial charge in [-0.05, 0) is 98.7 Å². The lowest BCUT2D eigenvalue weighted by atomic mass is 9.73. The molecule has 5 rings (SSSR count). The van der Waals surface area contributed by atoms with Crippen molar-refractivity contribution < 1.29 is 56.8 Å². The maximum Gasteiger partial charge on any atom is 0.351 e. The third-order valence-electron chi connectivity index (χ3n) is 12.9. The molecule has 2 bridgehead atoms. The van der Waals surface area contributed by atoms with Crippen molar-refractivity contribution in [3.63, 3.8) is 0 Å². The van der Waals surface area contributed by atoms with Crippen molar-refractivity contribution in [1.82, 2.24) is 14.9 Å². The van der Waals surface area contributed by atoms with Crippen molar-refractivity contribution in [2.45, 2.75) is 174 Å². The highest BCUT2D eigenvalue weighted by Crippen LogP contribution is 2.42. The summed E-state index contributed by atoms with van der Waals surface area (Å²) in [5.41, 5.74) is 0.976. The third kappa shape index (κ3) is 13.0. The van der Waals surface area contributed by atoms with Crippen LogP contribution in [0.25, 0.3) is 10.6 Å². The SMILES string of the molecule is CCC(=O)N=C1[C@H](C)C[C@@]2(C)OC/C(=N/OCc3ccc(-c4nc(N)cs4)cn3)CO[C@H]([C@H]1C)[C@](C)(O)[C@@H](CC)OC(=O)[C@@](C)(F)C(=O)[C@H](C)[C@H]2O[C@@H]1O[C@H](C)C[C@H](N(C)C)[C@H]1O[Si](C)(C)C. The van der Waals surface area contributed by atoms with E-state index in [1.807, 2.05) is 34.0 Å². The number of rotatable bonds is 11. The number of halogens is 1. The molecule has 0 saturated carbocycles. The van der Waals surface area contributed by atoms with Crippen molar-refractivity contribution in [3.8, 4) is 10.6 Å². The molecule has 0 radical (unpaired) electrons. The number of ketones is 1. The Morgan fingerprint density at radius 1 is 1.09 bits per heavy atom. The summed E-state index contributed by atoms with van der Waals surface area (Å²) in [6.45, 7) is 20.0. The Morgan fingerprint density at radius 2 is 1.79 bits per heavy atom. The van der Waals surface area contributed by atoms with Crippen LogP contribution >= 0.6 is 11.3 Å². The Hall–Kier alpha value is -3.60. The van der Waals surface area contributed by atoms with Gasteiger partial charge in [0.25, 0.3) is 5.67 Å². The number of esters is 1. The molecule has 67 heavy (non-hydrogen) atoms. The first kappa shape index (κ1) is 54.3. The van der Waals surface area contributed by atoms with Gasteiger partial charge in [0.05, 0.1) is 42.8 Å². The number of amides is 1. The van der Waals surface area contributed by atoms with Gasteiger partial charge in [0.15, 0.2) is 27.0 Å². The zero-order valence-electron chi connectivity index (χ0n) is 41.7. The van der Waals surface area contributed by atoms with E-state index < -0.39 is 91.3 Å². The molecule has 0 aliphatic carbocycles. The summed E-state index contributed by atoms with van der Waals surface area (Å²) >= 11 is 1.40. The van der Waals surface area contributed by atoms with E-state index in [1.165, 1.54) is 25.2 Å². The average molecular weight is 977 g/mol. The second-order valence-corrected chi connectivity index (χ2v) is 25.4. The number of aliphatic imine (C=N–C) groups is 1. The van der Waals surface area contributed by atoms with Crippen LogP contribution in [0.5, 0.6) is 0 Å². The Labute approximate surface area is 399 Å². The summed E-state index contributed by atoms with van der Waals surface area (Å²) in [5, 5.41) is 19.5. The molecule has 3 aliphatic heterocycles. The lowest BCUT2D eigenvalue weighted by Gasteiger charge is -2.49. The number of likely N-dealkylation sites (N-methyl/N-ethyl adjacent to an activating group) is 1. The minimum atomic E-state index is -3.20. The summed E-state index contributed by atoms with van der Waals surface area (Å²) in [6, 6.07) is 3.46. The summed E-state index contributed by atoms with van der Waals surface area (Å²) in [6.07, 6.45) is -3.59. The highest BCUT2D eigenvalue weighted by atomic mass is 32.1. The first-order chi connectivity index (χ1) is 31.2. The fraction of sp³-hybridized carbons (Fsp3) is 0.723. The number of anilines is 1. The summed E-state index contributed by atoms with van der Waals surface area (Å²) in [5.74, 6) is -5.42. The lowest BCUT2D eigenvalue weighted by Crippen LogP contribution is -2.62. The molecule has 3 fully saturated rings. The standard InChI is InChI=1S/C47H73FN6O11SSi/c1-15-34-47(9,58)41-28(5)37(52-36(55)16-2)26(3)20-45(7,60-23-32(22-59-41)53-61-24-31-18-17-30(21-50-31)42-51-35(49)25-66-42)40(29(6)39(56)46(8,48)44(57)63-34)64-43-38(65-67(12,13)14)33(54(10)11)19-27(4)62-43/h17-18,21,25-29,33-34,38,40-41,43,58H,15-16,19-20,22-24,49H2,1-14H3/b52-37?,53-32+/t26-,27-,28+,29+,33+,34-,38-,40-,41-,43+,45-,46+,47-/m1/s1. The van der Waals surface area contributed by atoms with Gasteiger partial charge in [0.1, 0.15) is 34.3 Å². The number of alkyl halides is 1. The molecule has 0 aromatic carbocycles. The maximum absolute atomic E-state index is 17.2. The zero-order chi connectivity index (χ0) is 49.8. The van der Waals surface area contributed by atoms with Crippen LogP contribution in [0.15, 0.2) is 33.9 Å². The Balaban J connectivity index is 1.69. The largest absolute Gasteiger partial charge is 0.457 e. The van der Waals surface area contributed by atoms with Crippen molar-refractivity contribution >= 4 is 54.6 Å². The molecule has 17 nitrogen and oxygen atoms in total. The fourth-order valence-corrected chi connectivity index (χ4v) is 11.2. The molecule has 2 aromatic rings. The maximum atomic E-state index is 17.2. The van der Waals surface area contributed by atoms with Gasteiger partial charge in [-0.25, -0.2) is 19.2 Å². The first-order valence-corrected chi connectivity index (χ1v) is 27.5. The van der Waals surface area contributed by atoms with Gasteiger partial charge in [-0.3, -0.25) is 14.6 Å². The number of nitrogens with two attached hydrogens (primary N) is 1. The van der Waals surface area contributed by atoms with E-state index in [-0.39, 0.29) is 56.9 Å². The van der Waals surface area contributed by atoms with Gasteiger partial charge in [-0.15, -0.1) is 11.3 Å². The number of pyridine rings is 1. The molecule has 0 spiro atoms. The number of hydrogen-bond acceptors (Lipinski definition) is 17. The highest BCUT2D eigenvalue weighted by Gasteiger charge is 2.57. The van der Waals surface area contributed by atoms with Gasteiger partial charge >= 0.3 is 5.97 Å². The molecular weight excluding hydrogens is 904 g/mol. The third-order valence-corrected chi connectivity index (χ3v) is 14.8. The van der Waals surface area contributed by atoms with Crippen LogP contribution < -0.4 is 5.73 Å². The van der Waals surface area contributed by atoms with Crippen LogP contribution in [-0.4, -0.2) is 144 Å². The summed E-state index contributed by atoms with van der Waals surface area (Å²) in [7, 11) is 1.60.